The number of aromatic nitrogens is 1. The Hall–Kier alpha value is -3.69. The molecule has 0 aliphatic heterocycles. The molecule has 0 saturated carbocycles. The minimum atomic E-state index is -0.321. The first kappa shape index (κ1) is 19.6. The van der Waals surface area contributed by atoms with Crippen molar-refractivity contribution in [1.82, 2.24) is 4.98 Å². The van der Waals surface area contributed by atoms with Crippen molar-refractivity contribution in [2.24, 2.45) is 0 Å². The maximum Gasteiger partial charge on any atom is 0.233 e. The maximum absolute atomic E-state index is 12.8. The largest absolute Gasteiger partial charge is 0.497 e. The summed E-state index contributed by atoms with van der Waals surface area (Å²) in [6, 6.07) is 21.2. The molecule has 0 unspecified atom stereocenters. The molecule has 1 amide bonds. The van der Waals surface area contributed by atoms with E-state index in [2.05, 4.69) is 16.4 Å². The van der Waals surface area contributed by atoms with Crippen LogP contribution in [0, 0.1) is 11.3 Å². The summed E-state index contributed by atoms with van der Waals surface area (Å²) in [5.41, 5.74) is 3.22. The van der Waals surface area contributed by atoms with Crippen LogP contribution in [-0.4, -0.2) is 18.0 Å². The average molecular weight is 414 g/mol. The molecule has 1 heterocycles. The molecule has 1 atom stereocenters. The van der Waals surface area contributed by atoms with E-state index in [1.54, 1.807) is 19.2 Å². The fourth-order valence-electron chi connectivity index (χ4n) is 3.18. The number of hydrogen-bond acceptors (Lipinski definition) is 5. The van der Waals surface area contributed by atoms with Gasteiger partial charge in [0.25, 0.3) is 0 Å². The van der Waals surface area contributed by atoms with Gasteiger partial charge in [-0.2, -0.15) is 5.26 Å². The Morgan fingerprint density at radius 3 is 2.57 bits per heavy atom. The molecule has 0 saturated heterocycles. The van der Waals surface area contributed by atoms with Crippen LogP contribution in [0.4, 0.5) is 5.13 Å². The number of nitrogens with one attached hydrogen (secondary N) is 1. The molecule has 1 N–H and O–H groups in total. The number of benzene rings is 3. The van der Waals surface area contributed by atoms with E-state index in [0.717, 1.165) is 33.3 Å². The van der Waals surface area contributed by atoms with Gasteiger partial charge < -0.3 is 10.1 Å². The zero-order valence-electron chi connectivity index (χ0n) is 16.5. The fourth-order valence-corrected chi connectivity index (χ4v) is 3.91. The van der Waals surface area contributed by atoms with Crippen molar-refractivity contribution < 1.29 is 9.53 Å². The molecule has 0 spiro atoms. The lowest BCUT2D eigenvalue weighted by Gasteiger charge is -2.12. The third-order valence-electron chi connectivity index (χ3n) is 5.01. The molecule has 6 heteroatoms. The molecule has 4 aromatic rings. The van der Waals surface area contributed by atoms with Crippen molar-refractivity contribution in [3.8, 4) is 23.1 Å². The molecule has 148 valence electrons. The van der Waals surface area contributed by atoms with Crippen LogP contribution in [0.15, 0.2) is 66.0 Å². The van der Waals surface area contributed by atoms with Crippen molar-refractivity contribution in [3.63, 3.8) is 0 Å². The summed E-state index contributed by atoms with van der Waals surface area (Å²) in [5.74, 6) is 0.380. The first-order valence-electron chi connectivity index (χ1n) is 9.42. The smallest absolute Gasteiger partial charge is 0.233 e. The lowest BCUT2D eigenvalue weighted by Crippen LogP contribution is -2.18. The lowest BCUT2D eigenvalue weighted by atomic mass is 9.97. The van der Waals surface area contributed by atoms with E-state index in [0.29, 0.717) is 10.7 Å². The van der Waals surface area contributed by atoms with Gasteiger partial charge in [-0.15, -0.1) is 11.3 Å². The van der Waals surface area contributed by atoms with Crippen LogP contribution >= 0.6 is 11.3 Å². The van der Waals surface area contributed by atoms with Gasteiger partial charge in [0.15, 0.2) is 5.13 Å². The highest BCUT2D eigenvalue weighted by Crippen LogP contribution is 2.28. The topological polar surface area (TPSA) is 75.0 Å². The summed E-state index contributed by atoms with van der Waals surface area (Å²) in [6.45, 7) is 1.88. The Balaban J connectivity index is 1.49. The van der Waals surface area contributed by atoms with Crippen LogP contribution in [0.2, 0.25) is 0 Å². The normalized spacial score (nSPS) is 11.6. The molecule has 5 nitrogen and oxygen atoms in total. The van der Waals surface area contributed by atoms with Gasteiger partial charge in [0, 0.05) is 10.9 Å². The number of anilines is 1. The van der Waals surface area contributed by atoms with E-state index < -0.39 is 0 Å². The highest BCUT2D eigenvalue weighted by atomic mass is 32.1. The van der Waals surface area contributed by atoms with Crippen LogP contribution < -0.4 is 10.1 Å². The lowest BCUT2D eigenvalue weighted by molar-refractivity contribution is -0.117. The van der Waals surface area contributed by atoms with Gasteiger partial charge in [0.05, 0.1) is 30.4 Å². The van der Waals surface area contributed by atoms with Gasteiger partial charge in [-0.3, -0.25) is 4.79 Å². The molecule has 0 radical (unpaired) electrons. The number of nitriles is 1. The van der Waals surface area contributed by atoms with Crippen molar-refractivity contribution in [2.75, 3.05) is 12.4 Å². The Labute approximate surface area is 178 Å². The number of thiazole rings is 1. The summed E-state index contributed by atoms with van der Waals surface area (Å²) >= 11 is 1.38. The minimum Gasteiger partial charge on any atom is -0.497 e. The monoisotopic (exact) mass is 413 g/mol. The van der Waals surface area contributed by atoms with Crippen molar-refractivity contribution in [3.05, 3.63) is 77.2 Å². The second-order valence-electron chi connectivity index (χ2n) is 6.91. The third kappa shape index (κ3) is 4.02. The van der Waals surface area contributed by atoms with E-state index in [-0.39, 0.29) is 11.8 Å². The summed E-state index contributed by atoms with van der Waals surface area (Å²) in [7, 11) is 1.65. The summed E-state index contributed by atoms with van der Waals surface area (Å²) in [4.78, 5) is 17.3. The predicted molar refractivity (Wildman–Crippen MR) is 120 cm³/mol. The third-order valence-corrected chi connectivity index (χ3v) is 5.77. The number of hydrogen-bond donors (Lipinski definition) is 1. The van der Waals surface area contributed by atoms with Crippen LogP contribution in [0.25, 0.3) is 22.0 Å². The second kappa shape index (κ2) is 8.36. The van der Waals surface area contributed by atoms with E-state index in [1.807, 2.05) is 60.8 Å². The highest BCUT2D eigenvalue weighted by Gasteiger charge is 2.17. The van der Waals surface area contributed by atoms with E-state index in [1.165, 1.54) is 11.3 Å². The van der Waals surface area contributed by atoms with E-state index in [9.17, 15) is 4.79 Å². The molecule has 30 heavy (non-hydrogen) atoms. The number of carbonyl (C=O) groups excluding carboxylic acids is 1. The molecular formula is C24H19N3O2S. The molecular weight excluding hydrogens is 394 g/mol. The Bertz CT molecular complexity index is 1260. The Morgan fingerprint density at radius 2 is 1.83 bits per heavy atom. The molecule has 0 fully saturated rings. The summed E-state index contributed by atoms with van der Waals surface area (Å²) in [6.07, 6.45) is 0. The Morgan fingerprint density at radius 1 is 1.10 bits per heavy atom. The van der Waals surface area contributed by atoms with E-state index >= 15 is 0 Å². The van der Waals surface area contributed by atoms with Crippen molar-refractivity contribution in [2.45, 2.75) is 12.8 Å². The number of amides is 1. The van der Waals surface area contributed by atoms with Gasteiger partial charge >= 0.3 is 0 Å². The van der Waals surface area contributed by atoms with Crippen LogP contribution in [0.1, 0.15) is 24.0 Å². The summed E-state index contributed by atoms with van der Waals surface area (Å²) < 4.78 is 5.27. The minimum absolute atomic E-state index is 0.108. The first-order valence-corrected chi connectivity index (χ1v) is 10.3. The predicted octanol–water partition coefficient (Wildman–Crippen LogP) is 5.59. The number of ether oxygens (including phenoxy) is 1. The number of rotatable bonds is 5. The number of nitrogens with zero attached hydrogens (tertiary/aromatic N) is 2. The van der Waals surface area contributed by atoms with Gasteiger partial charge in [-0.1, -0.05) is 36.4 Å². The Kier molecular flexibility index (Phi) is 5.46. The molecule has 0 aliphatic carbocycles. The zero-order valence-corrected chi connectivity index (χ0v) is 17.4. The SMILES string of the molecule is COc1ccc2cc([C@@H](C)C(=O)Nc3nc(-c4ccc(C#N)cc4)cs3)ccc2c1. The van der Waals surface area contributed by atoms with Crippen molar-refractivity contribution in [1.29, 1.82) is 5.26 Å². The number of fused-ring (bicyclic) bond motifs is 1. The average Bonchev–Trinajstić information content (AvgIpc) is 3.26. The van der Waals surface area contributed by atoms with Crippen LogP contribution in [0.5, 0.6) is 5.75 Å². The second-order valence-corrected chi connectivity index (χ2v) is 7.77. The molecule has 3 aromatic carbocycles. The fraction of sp³-hybridized carbons (Fsp3) is 0.125. The van der Waals surface area contributed by atoms with Gasteiger partial charge in [-0.25, -0.2) is 4.98 Å². The molecule has 4 rings (SSSR count). The first-order chi connectivity index (χ1) is 14.6. The molecule has 0 bridgehead atoms. The van der Waals surface area contributed by atoms with Gasteiger partial charge in [-0.05, 0) is 47.5 Å². The van der Waals surface area contributed by atoms with E-state index in [4.69, 9.17) is 10.00 Å². The van der Waals surface area contributed by atoms with Crippen molar-refractivity contribution >= 4 is 33.1 Å². The van der Waals surface area contributed by atoms with Gasteiger partial charge in [0.1, 0.15) is 5.75 Å². The zero-order chi connectivity index (χ0) is 21.1. The maximum atomic E-state index is 12.8. The molecule has 1 aromatic heterocycles. The standard InChI is InChI=1S/C24H19N3O2S/c1-15(18-7-8-20-12-21(29-2)10-9-19(20)11-18)23(28)27-24-26-22(14-30-24)17-5-3-16(13-25)4-6-17/h3-12,14-15H,1-2H3,(H,26,27,28)/t15-/m1/s1. The van der Waals surface area contributed by atoms with Gasteiger partial charge in [0.2, 0.25) is 5.91 Å². The number of methoxy groups -OCH3 is 1. The highest BCUT2D eigenvalue weighted by molar-refractivity contribution is 7.14. The summed E-state index contributed by atoms with van der Waals surface area (Å²) in [5, 5.41) is 16.4. The molecule has 0 aliphatic rings. The number of carbonyl (C=O) groups is 1. The quantitative estimate of drug-likeness (QED) is 0.463. The van der Waals surface area contributed by atoms with Crippen LogP contribution in [0.3, 0.4) is 0 Å². The van der Waals surface area contributed by atoms with Crippen LogP contribution in [-0.2, 0) is 4.79 Å².